The number of hydrogen-bond acceptors (Lipinski definition) is 10. The fourth-order valence-electron chi connectivity index (χ4n) is 9.83. The first kappa shape index (κ1) is 34.9. The van der Waals surface area contributed by atoms with E-state index >= 15 is 0 Å². The Bertz CT molecular complexity index is 4570. The van der Waals surface area contributed by atoms with Crippen LogP contribution in [0.5, 0.6) is 0 Å². The molecule has 0 N–H and O–H groups in total. The molecular formula is C52H20N8O4. The molecule has 0 aliphatic carbocycles. The van der Waals surface area contributed by atoms with Crippen molar-refractivity contribution in [3.05, 3.63) is 164 Å². The highest BCUT2D eigenvalue weighted by atomic mass is 16.3. The van der Waals surface area contributed by atoms with E-state index in [-0.39, 0.29) is 16.7 Å². The predicted octanol–water partition coefficient (Wildman–Crippen LogP) is 10.5. The van der Waals surface area contributed by atoms with Gasteiger partial charge in [0.1, 0.15) is 34.6 Å². The normalized spacial score (nSPS) is 11.8. The van der Waals surface area contributed by atoms with E-state index in [1.807, 2.05) is 97.1 Å². The fraction of sp³-hybridized carbons (Fsp3) is 0. The number of pyridine rings is 2. The number of para-hydroxylation sites is 6. The Balaban J connectivity index is 0.000000129. The van der Waals surface area contributed by atoms with Crippen molar-refractivity contribution in [2.45, 2.75) is 0 Å². The molecule has 0 unspecified atom stereocenters. The lowest BCUT2D eigenvalue weighted by atomic mass is 9.91. The second-order valence-corrected chi connectivity index (χ2v) is 15.6. The maximum atomic E-state index is 13.7. The fourth-order valence-corrected chi connectivity index (χ4v) is 9.83. The second-order valence-electron chi connectivity index (χ2n) is 15.6. The number of hydrogen-bond donors (Lipinski definition) is 0. The molecule has 12 heteroatoms. The molecule has 6 heterocycles. The number of nitrogens with zero attached hydrogens (tertiary/aromatic N) is 8. The molecule has 0 bridgehead atoms. The van der Waals surface area contributed by atoms with Crippen LogP contribution in [0.3, 0.4) is 0 Å². The van der Waals surface area contributed by atoms with Crippen molar-refractivity contribution in [1.82, 2.24) is 18.8 Å². The Morgan fingerprint density at radius 1 is 0.406 bits per heavy atom. The third kappa shape index (κ3) is 4.29. The summed E-state index contributed by atoms with van der Waals surface area (Å²) >= 11 is 0. The smallest absolute Gasteiger partial charge is 0.264 e. The summed E-state index contributed by atoms with van der Waals surface area (Å²) in [4.78, 5) is 36.8. The van der Waals surface area contributed by atoms with E-state index in [1.54, 1.807) is 33.1 Å². The SMILES string of the molecule is N#Cc1cc2c(=O)n3c4ccccc4nc3c3cc(C#N)c4c5ccccc5oc1c4c23.N#Cc1cc2c3c(cc(C#N)c4c5ccccc5oc1c43)c(=O)n1c3ccccc3nc21. The van der Waals surface area contributed by atoms with Crippen LogP contribution in [-0.4, -0.2) is 18.8 Å². The van der Waals surface area contributed by atoms with Gasteiger partial charge in [-0.3, -0.25) is 18.4 Å². The van der Waals surface area contributed by atoms with Crippen molar-refractivity contribution >= 4 is 120 Å². The molecule has 0 saturated carbocycles. The van der Waals surface area contributed by atoms with E-state index < -0.39 is 0 Å². The van der Waals surface area contributed by atoms with Crippen molar-refractivity contribution in [1.29, 1.82) is 21.0 Å². The molecule has 0 amide bonds. The highest BCUT2D eigenvalue weighted by Gasteiger charge is 2.26. The topological polar surface area (TPSA) is 190 Å². The summed E-state index contributed by atoms with van der Waals surface area (Å²) < 4.78 is 15.5. The summed E-state index contributed by atoms with van der Waals surface area (Å²) in [5.74, 6) is 0. The standard InChI is InChI=1S/2C26H10N4O2/c27-11-13-9-17-22-16(25-29-18-6-2-3-7-19(18)30(25)26(17)31)10-14(12-28)24-23(22)21(13)15-5-1-4-8-20(15)32-24;27-11-13-9-16-22-17(26(31)30-19-7-3-2-6-18(19)29-25(16)30)10-14(12-28)24-23(22)21(13)15-5-1-4-8-20(15)32-24/h2*1-10H. The Kier molecular flexibility index (Phi) is 6.74. The van der Waals surface area contributed by atoms with Gasteiger partial charge in [0.15, 0.2) is 11.2 Å². The van der Waals surface area contributed by atoms with Crippen LogP contribution in [0.2, 0.25) is 0 Å². The molecular weight excluding hydrogens is 801 g/mol. The van der Waals surface area contributed by atoms with E-state index in [9.17, 15) is 30.6 Å². The molecule has 8 aromatic carbocycles. The average molecular weight is 821 g/mol. The monoisotopic (exact) mass is 820 g/mol. The summed E-state index contributed by atoms with van der Waals surface area (Å²) in [6, 6.07) is 45.4. The Labute approximate surface area is 356 Å². The highest BCUT2D eigenvalue weighted by molar-refractivity contribution is 6.32. The van der Waals surface area contributed by atoms with Gasteiger partial charge in [-0.15, -0.1) is 0 Å². The molecule has 0 aliphatic rings. The number of imidazole rings is 2. The van der Waals surface area contributed by atoms with E-state index in [0.29, 0.717) is 126 Å². The molecule has 0 atom stereocenters. The van der Waals surface area contributed by atoms with Crippen molar-refractivity contribution in [3.63, 3.8) is 0 Å². The molecule has 0 spiro atoms. The number of nitriles is 4. The lowest BCUT2D eigenvalue weighted by Gasteiger charge is -2.15. The molecule has 14 rings (SSSR count). The maximum absolute atomic E-state index is 13.7. The van der Waals surface area contributed by atoms with Gasteiger partial charge in [-0.25, -0.2) is 9.97 Å². The van der Waals surface area contributed by atoms with Crippen molar-refractivity contribution in [2.75, 3.05) is 0 Å². The minimum absolute atomic E-state index is 0.251. The molecule has 0 radical (unpaired) electrons. The average Bonchev–Trinajstić information content (AvgIpc) is 3.94. The second kappa shape index (κ2) is 12.3. The summed E-state index contributed by atoms with van der Waals surface area (Å²) in [6.45, 7) is 0. The molecule has 64 heavy (non-hydrogen) atoms. The van der Waals surface area contributed by atoms with Crippen LogP contribution >= 0.6 is 0 Å². The third-order valence-electron chi connectivity index (χ3n) is 12.4. The van der Waals surface area contributed by atoms with Crippen LogP contribution in [-0.2, 0) is 0 Å². The largest absolute Gasteiger partial charge is 0.455 e. The minimum atomic E-state index is -0.251. The first-order valence-corrected chi connectivity index (χ1v) is 20.0. The predicted molar refractivity (Wildman–Crippen MR) is 244 cm³/mol. The first-order valence-electron chi connectivity index (χ1n) is 20.0. The van der Waals surface area contributed by atoms with E-state index in [1.165, 1.54) is 0 Å². The number of fused-ring (bicyclic) bond motifs is 12. The summed E-state index contributed by atoms with van der Waals surface area (Å²) in [7, 11) is 0. The lowest BCUT2D eigenvalue weighted by Crippen LogP contribution is -2.14. The zero-order valence-electron chi connectivity index (χ0n) is 32.8. The van der Waals surface area contributed by atoms with Crippen molar-refractivity contribution in [2.24, 2.45) is 0 Å². The molecule has 0 aliphatic heterocycles. The van der Waals surface area contributed by atoms with Gasteiger partial charge in [-0.1, -0.05) is 60.7 Å². The quantitative estimate of drug-likeness (QED) is 0.105. The van der Waals surface area contributed by atoms with Crippen LogP contribution in [0.1, 0.15) is 22.3 Å². The number of rotatable bonds is 0. The van der Waals surface area contributed by atoms with Gasteiger partial charge < -0.3 is 8.83 Å². The van der Waals surface area contributed by atoms with Crippen LogP contribution in [0.25, 0.3) is 120 Å². The van der Waals surface area contributed by atoms with Crippen LogP contribution in [0.15, 0.2) is 140 Å². The molecule has 14 aromatic rings. The molecule has 0 saturated heterocycles. The van der Waals surface area contributed by atoms with Gasteiger partial charge in [0.25, 0.3) is 11.1 Å². The van der Waals surface area contributed by atoms with E-state index in [2.05, 4.69) is 24.3 Å². The third-order valence-corrected chi connectivity index (χ3v) is 12.4. The highest BCUT2D eigenvalue weighted by Crippen LogP contribution is 2.44. The zero-order valence-corrected chi connectivity index (χ0v) is 32.8. The zero-order chi connectivity index (χ0) is 43.1. The summed E-state index contributed by atoms with van der Waals surface area (Å²) in [6.07, 6.45) is 0. The molecule has 6 aromatic heterocycles. The maximum Gasteiger partial charge on any atom is 0.264 e. The number of benzene rings is 8. The van der Waals surface area contributed by atoms with Gasteiger partial charge in [-0.05, 0) is 60.7 Å². The van der Waals surface area contributed by atoms with Crippen LogP contribution in [0.4, 0.5) is 0 Å². The van der Waals surface area contributed by atoms with Gasteiger partial charge in [-0.2, -0.15) is 21.0 Å². The van der Waals surface area contributed by atoms with Crippen LogP contribution < -0.4 is 11.1 Å². The van der Waals surface area contributed by atoms with Gasteiger partial charge >= 0.3 is 0 Å². The molecule has 292 valence electrons. The van der Waals surface area contributed by atoms with Gasteiger partial charge in [0.05, 0.1) is 67.2 Å². The minimum Gasteiger partial charge on any atom is -0.455 e. The van der Waals surface area contributed by atoms with E-state index in [0.717, 1.165) is 10.8 Å². The molecule has 0 fully saturated rings. The summed E-state index contributed by atoms with van der Waals surface area (Å²) in [5, 5.41) is 47.5. The Morgan fingerprint density at radius 2 is 0.781 bits per heavy atom. The number of aromatic nitrogens is 4. The summed E-state index contributed by atoms with van der Waals surface area (Å²) in [5.41, 5.74) is 6.51. The van der Waals surface area contributed by atoms with Gasteiger partial charge in [0, 0.05) is 53.9 Å². The van der Waals surface area contributed by atoms with Gasteiger partial charge in [0.2, 0.25) is 0 Å². The Morgan fingerprint density at radius 3 is 1.23 bits per heavy atom. The lowest BCUT2D eigenvalue weighted by molar-refractivity contribution is 0.660. The van der Waals surface area contributed by atoms with E-state index in [4.69, 9.17) is 18.8 Å². The molecule has 12 nitrogen and oxygen atoms in total. The Hall–Kier alpha value is -9.88. The van der Waals surface area contributed by atoms with Crippen molar-refractivity contribution < 1.29 is 8.83 Å². The first-order chi connectivity index (χ1) is 31.4. The van der Waals surface area contributed by atoms with Crippen LogP contribution in [0, 0.1) is 45.3 Å². The van der Waals surface area contributed by atoms with Crippen molar-refractivity contribution in [3.8, 4) is 24.3 Å².